The highest BCUT2D eigenvalue weighted by Gasteiger charge is 2.39. The van der Waals surface area contributed by atoms with Crippen LogP contribution >= 0.6 is 11.3 Å². The summed E-state index contributed by atoms with van der Waals surface area (Å²) in [7, 11) is 0. The van der Waals surface area contributed by atoms with Crippen LogP contribution in [0, 0.1) is 5.92 Å². The average molecular weight is 594 g/mol. The first-order valence-electron chi connectivity index (χ1n) is 17.6. The van der Waals surface area contributed by atoms with Crippen LogP contribution in [-0.2, 0) is 16.0 Å². The molecule has 1 aliphatic rings. The summed E-state index contributed by atoms with van der Waals surface area (Å²) in [5.41, 5.74) is 2.03. The minimum Gasteiger partial charge on any atom is -0.411 e. The molecular weight excluding hydrogens is 528 g/mol. The summed E-state index contributed by atoms with van der Waals surface area (Å²) < 4.78 is 14.7. The number of rotatable bonds is 29. The molecule has 2 heterocycles. The van der Waals surface area contributed by atoms with Gasteiger partial charge in [0.15, 0.2) is 6.20 Å². The summed E-state index contributed by atoms with van der Waals surface area (Å²) in [6.45, 7) is 5.87. The minimum atomic E-state index is -0.156. The fourth-order valence-corrected chi connectivity index (χ4v) is 6.96. The Hall–Kier alpha value is -0.980. The SMILES string of the molecule is CCCCCCCCCCCCCCCCCCC1(CC=NO)CC(COCCCCCCC[n+]2ccsc2)CO1. The predicted molar refractivity (Wildman–Crippen MR) is 174 cm³/mol. The van der Waals surface area contributed by atoms with E-state index in [1.807, 2.05) is 0 Å². The van der Waals surface area contributed by atoms with Gasteiger partial charge in [-0.3, -0.25) is 0 Å². The van der Waals surface area contributed by atoms with Crippen LogP contribution in [-0.4, -0.2) is 36.8 Å². The van der Waals surface area contributed by atoms with Gasteiger partial charge < -0.3 is 14.7 Å². The van der Waals surface area contributed by atoms with Crippen molar-refractivity contribution in [2.24, 2.45) is 11.1 Å². The van der Waals surface area contributed by atoms with Crippen molar-refractivity contribution in [3.8, 4) is 0 Å². The Balaban J connectivity index is 1.41. The van der Waals surface area contributed by atoms with Crippen molar-refractivity contribution in [1.29, 1.82) is 0 Å². The van der Waals surface area contributed by atoms with E-state index in [-0.39, 0.29) is 5.60 Å². The molecule has 41 heavy (non-hydrogen) atoms. The van der Waals surface area contributed by atoms with Crippen molar-refractivity contribution in [1.82, 2.24) is 0 Å². The smallest absolute Gasteiger partial charge is 0.224 e. The fraction of sp³-hybridized carbons (Fsp3) is 0.886. The van der Waals surface area contributed by atoms with E-state index in [1.54, 1.807) is 17.6 Å². The standard InChI is InChI=1S/C35H64N2O3S/c1-2-3-4-5-6-7-8-9-10-11-12-13-14-15-17-20-23-35(24-25-36-38)30-34(32-40-35)31-39-28-22-19-16-18-21-26-37-27-29-41-33-37/h25,27,29,33-34H,2-24,26,28,30-32H2,1H3/p+1. The predicted octanol–water partition coefficient (Wildman–Crippen LogP) is 10.3. The van der Waals surface area contributed by atoms with E-state index in [0.29, 0.717) is 12.3 Å². The lowest BCUT2D eigenvalue weighted by Gasteiger charge is -2.27. The van der Waals surface area contributed by atoms with Crippen LogP contribution in [0.25, 0.3) is 0 Å². The van der Waals surface area contributed by atoms with Gasteiger partial charge >= 0.3 is 0 Å². The lowest BCUT2D eigenvalue weighted by molar-refractivity contribution is -0.692. The molecule has 1 aromatic rings. The maximum atomic E-state index is 9.03. The normalized spacial score (nSPS) is 19.1. The van der Waals surface area contributed by atoms with Gasteiger partial charge in [-0.1, -0.05) is 134 Å². The van der Waals surface area contributed by atoms with Crippen LogP contribution in [0.1, 0.15) is 161 Å². The van der Waals surface area contributed by atoms with E-state index < -0.39 is 0 Å². The molecule has 2 unspecified atom stereocenters. The fourth-order valence-electron chi connectivity index (χ4n) is 6.33. The van der Waals surface area contributed by atoms with Crippen molar-refractivity contribution >= 4 is 17.6 Å². The first-order chi connectivity index (χ1) is 20.3. The molecule has 0 spiro atoms. The van der Waals surface area contributed by atoms with E-state index >= 15 is 0 Å². The third kappa shape index (κ3) is 19.0. The third-order valence-corrected chi connectivity index (χ3v) is 9.57. The Morgan fingerprint density at radius 2 is 1.44 bits per heavy atom. The van der Waals surface area contributed by atoms with Gasteiger partial charge in [-0.15, -0.1) is 5.16 Å². The molecule has 238 valence electrons. The highest BCUT2D eigenvalue weighted by atomic mass is 32.1. The molecule has 2 rings (SSSR count). The highest BCUT2D eigenvalue weighted by Crippen LogP contribution is 2.37. The van der Waals surface area contributed by atoms with E-state index in [4.69, 9.17) is 14.7 Å². The van der Waals surface area contributed by atoms with E-state index in [1.165, 1.54) is 128 Å². The second-order valence-corrected chi connectivity index (χ2v) is 13.5. The number of aromatic nitrogens is 1. The number of unbranched alkanes of at least 4 members (excludes halogenated alkanes) is 19. The van der Waals surface area contributed by atoms with Crippen LogP contribution < -0.4 is 4.57 Å². The van der Waals surface area contributed by atoms with Gasteiger partial charge in [0.1, 0.15) is 6.54 Å². The zero-order chi connectivity index (χ0) is 29.1. The number of nitrogens with zero attached hydrogens (tertiary/aromatic N) is 2. The van der Waals surface area contributed by atoms with Crippen LogP contribution in [0.3, 0.4) is 0 Å². The van der Waals surface area contributed by atoms with Crippen molar-refractivity contribution in [2.45, 2.75) is 173 Å². The summed E-state index contributed by atoms with van der Waals surface area (Å²) in [5.74, 6) is 0.464. The quantitative estimate of drug-likeness (QED) is 0.0330. The molecule has 0 aromatic carbocycles. The number of hydrogen-bond donors (Lipinski definition) is 1. The average Bonchev–Trinajstić information content (AvgIpc) is 3.65. The maximum Gasteiger partial charge on any atom is 0.224 e. The number of ether oxygens (including phenoxy) is 2. The van der Waals surface area contributed by atoms with Crippen molar-refractivity contribution in [3.63, 3.8) is 0 Å². The van der Waals surface area contributed by atoms with E-state index in [2.05, 4.69) is 33.7 Å². The Labute approximate surface area is 257 Å². The lowest BCUT2D eigenvalue weighted by Crippen LogP contribution is -2.29. The Bertz CT molecular complexity index is 714. The van der Waals surface area contributed by atoms with Crippen molar-refractivity contribution in [2.75, 3.05) is 19.8 Å². The second kappa shape index (κ2) is 25.5. The van der Waals surface area contributed by atoms with Gasteiger partial charge in [-0.05, 0) is 25.7 Å². The highest BCUT2D eigenvalue weighted by molar-refractivity contribution is 7.07. The summed E-state index contributed by atoms with van der Waals surface area (Å²) in [4.78, 5) is 0. The molecule has 0 amide bonds. The second-order valence-electron chi connectivity index (χ2n) is 12.7. The Kier molecular flexibility index (Phi) is 22.5. The van der Waals surface area contributed by atoms with Crippen LogP contribution in [0.15, 0.2) is 22.2 Å². The number of thiazole rings is 1. The minimum absolute atomic E-state index is 0.156. The Morgan fingerprint density at radius 3 is 2.02 bits per heavy atom. The molecule has 6 heteroatoms. The largest absolute Gasteiger partial charge is 0.411 e. The Morgan fingerprint density at radius 1 is 0.854 bits per heavy atom. The van der Waals surface area contributed by atoms with Crippen LogP contribution in [0.5, 0.6) is 0 Å². The molecule has 1 saturated heterocycles. The monoisotopic (exact) mass is 593 g/mol. The molecule has 1 fully saturated rings. The molecule has 1 aliphatic heterocycles. The topological polar surface area (TPSA) is 54.9 Å². The summed E-state index contributed by atoms with van der Waals surface area (Å²) in [6.07, 6.45) is 35.1. The van der Waals surface area contributed by atoms with Crippen molar-refractivity contribution < 1.29 is 19.2 Å². The van der Waals surface area contributed by atoms with Gasteiger partial charge in [-0.2, -0.15) is 4.57 Å². The zero-order valence-electron chi connectivity index (χ0n) is 26.8. The first kappa shape index (κ1) is 36.2. The molecule has 0 saturated carbocycles. The number of oxime groups is 1. The van der Waals surface area contributed by atoms with Crippen LogP contribution in [0.4, 0.5) is 0 Å². The van der Waals surface area contributed by atoms with Crippen molar-refractivity contribution in [3.05, 3.63) is 17.1 Å². The van der Waals surface area contributed by atoms with Gasteiger partial charge in [-0.25, -0.2) is 0 Å². The number of aryl methyl sites for hydroxylation is 1. The molecule has 0 bridgehead atoms. The summed E-state index contributed by atoms with van der Waals surface area (Å²) >= 11 is 1.76. The van der Waals surface area contributed by atoms with E-state index in [9.17, 15) is 0 Å². The van der Waals surface area contributed by atoms with Gasteiger partial charge in [0.2, 0.25) is 5.51 Å². The number of hydrogen-bond acceptors (Lipinski definition) is 5. The van der Waals surface area contributed by atoms with Gasteiger partial charge in [0, 0.05) is 31.6 Å². The van der Waals surface area contributed by atoms with Gasteiger partial charge in [0.25, 0.3) is 0 Å². The molecule has 1 N–H and O–H groups in total. The van der Waals surface area contributed by atoms with Gasteiger partial charge in [0.05, 0.1) is 24.2 Å². The van der Waals surface area contributed by atoms with E-state index in [0.717, 1.165) is 45.6 Å². The molecule has 2 atom stereocenters. The molecule has 1 aromatic heterocycles. The molecule has 0 aliphatic carbocycles. The van der Waals surface area contributed by atoms with Crippen LogP contribution in [0.2, 0.25) is 0 Å². The molecule has 0 radical (unpaired) electrons. The summed E-state index contributed by atoms with van der Waals surface area (Å²) in [6, 6.07) is 0. The first-order valence-corrected chi connectivity index (χ1v) is 18.5. The molecular formula is C35H65N2O3S+. The lowest BCUT2D eigenvalue weighted by atomic mass is 9.86. The zero-order valence-corrected chi connectivity index (χ0v) is 27.6. The molecule has 5 nitrogen and oxygen atoms in total. The third-order valence-electron chi connectivity index (χ3n) is 8.90. The summed E-state index contributed by atoms with van der Waals surface area (Å²) in [5, 5.41) is 14.5. The maximum absolute atomic E-state index is 9.03.